The zero-order valence-electron chi connectivity index (χ0n) is 10.5. The van der Waals surface area contributed by atoms with E-state index in [1.165, 1.54) is 36.1 Å². The van der Waals surface area contributed by atoms with E-state index in [4.69, 9.17) is 5.84 Å². The van der Waals surface area contributed by atoms with Crippen molar-refractivity contribution >= 4 is 11.8 Å². The van der Waals surface area contributed by atoms with Crippen molar-refractivity contribution in [3.63, 3.8) is 0 Å². The molecule has 0 aromatic heterocycles. The average Bonchev–Trinajstić information content (AvgIpc) is 2.39. The highest BCUT2D eigenvalue weighted by Gasteiger charge is 2.23. The molecule has 3 heteroatoms. The van der Waals surface area contributed by atoms with E-state index in [-0.39, 0.29) is 0 Å². The average molecular weight is 250 g/mol. The normalized spacial score (nSPS) is 22.4. The first-order valence-electron chi connectivity index (χ1n) is 6.43. The second-order valence-electron chi connectivity index (χ2n) is 4.87. The SMILES string of the molecule is Cc1ccc(CC(NN)C2CCCCS2)cc1. The molecular weight excluding hydrogens is 228 g/mol. The minimum absolute atomic E-state index is 0.406. The highest BCUT2D eigenvalue weighted by molar-refractivity contribution is 8.00. The Labute approximate surface area is 108 Å². The molecule has 94 valence electrons. The Kier molecular flexibility index (Phi) is 4.89. The van der Waals surface area contributed by atoms with Gasteiger partial charge in [-0.15, -0.1) is 0 Å². The van der Waals surface area contributed by atoms with E-state index in [0.29, 0.717) is 11.3 Å². The predicted molar refractivity (Wildman–Crippen MR) is 76.1 cm³/mol. The zero-order chi connectivity index (χ0) is 12.1. The first-order chi connectivity index (χ1) is 8.29. The van der Waals surface area contributed by atoms with Gasteiger partial charge in [0.2, 0.25) is 0 Å². The molecule has 2 atom stereocenters. The first-order valence-corrected chi connectivity index (χ1v) is 7.48. The maximum absolute atomic E-state index is 5.72. The lowest BCUT2D eigenvalue weighted by Crippen LogP contribution is -2.45. The van der Waals surface area contributed by atoms with Crippen LogP contribution in [0.5, 0.6) is 0 Å². The number of nitrogens with one attached hydrogen (secondary N) is 1. The third-order valence-corrected chi connectivity index (χ3v) is 4.97. The number of hydrogen-bond donors (Lipinski definition) is 2. The first kappa shape index (κ1) is 12.9. The Balaban J connectivity index is 1.96. The molecule has 1 aliphatic rings. The second-order valence-corrected chi connectivity index (χ2v) is 6.21. The molecule has 3 N–H and O–H groups in total. The summed E-state index contributed by atoms with van der Waals surface area (Å²) >= 11 is 2.08. The molecule has 0 bridgehead atoms. The number of nitrogens with two attached hydrogens (primary N) is 1. The number of benzene rings is 1. The lowest BCUT2D eigenvalue weighted by molar-refractivity contribution is 0.472. The fraction of sp³-hybridized carbons (Fsp3) is 0.571. The van der Waals surface area contributed by atoms with Gasteiger partial charge >= 0.3 is 0 Å². The fourth-order valence-electron chi connectivity index (χ4n) is 2.36. The maximum Gasteiger partial charge on any atom is 0.0369 e. The van der Waals surface area contributed by atoms with E-state index in [1.54, 1.807) is 0 Å². The van der Waals surface area contributed by atoms with Crippen LogP contribution in [0.3, 0.4) is 0 Å². The molecule has 1 fully saturated rings. The van der Waals surface area contributed by atoms with Crippen molar-refractivity contribution in [3.05, 3.63) is 35.4 Å². The number of hydrazine groups is 1. The lowest BCUT2D eigenvalue weighted by atomic mass is 9.99. The summed E-state index contributed by atoms with van der Waals surface area (Å²) in [6, 6.07) is 9.19. The van der Waals surface area contributed by atoms with Gasteiger partial charge < -0.3 is 0 Å². The van der Waals surface area contributed by atoms with Gasteiger partial charge in [-0.3, -0.25) is 11.3 Å². The highest BCUT2D eigenvalue weighted by Crippen LogP contribution is 2.28. The van der Waals surface area contributed by atoms with E-state index < -0.39 is 0 Å². The fourth-order valence-corrected chi connectivity index (χ4v) is 3.77. The largest absolute Gasteiger partial charge is 0.271 e. The van der Waals surface area contributed by atoms with Crippen molar-refractivity contribution in [1.29, 1.82) is 0 Å². The Hall–Kier alpha value is -0.510. The van der Waals surface area contributed by atoms with Crippen LogP contribution in [0.2, 0.25) is 0 Å². The molecule has 1 aromatic carbocycles. The number of aryl methyl sites for hydroxylation is 1. The van der Waals surface area contributed by atoms with Crippen LogP contribution in [0.15, 0.2) is 24.3 Å². The molecule has 0 saturated carbocycles. The highest BCUT2D eigenvalue weighted by atomic mass is 32.2. The molecule has 1 aliphatic heterocycles. The van der Waals surface area contributed by atoms with Crippen molar-refractivity contribution in [1.82, 2.24) is 5.43 Å². The van der Waals surface area contributed by atoms with Gasteiger partial charge in [0.1, 0.15) is 0 Å². The Morgan fingerprint density at radius 2 is 2.12 bits per heavy atom. The smallest absolute Gasteiger partial charge is 0.0369 e. The van der Waals surface area contributed by atoms with Gasteiger partial charge in [0, 0.05) is 11.3 Å². The van der Waals surface area contributed by atoms with Crippen LogP contribution in [0.4, 0.5) is 0 Å². The zero-order valence-corrected chi connectivity index (χ0v) is 11.3. The quantitative estimate of drug-likeness (QED) is 0.637. The predicted octanol–water partition coefficient (Wildman–Crippen LogP) is 2.66. The van der Waals surface area contributed by atoms with Crippen molar-refractivity contribution < 1.29 is 0 Å². The van der Waals surface area contributed by atoms with E-state index in [9.17, 15) is 0 Å². The monoisotopic (exact) mass is 250 g/mol. The van der Waals surface area contributed by atoms with Crippen LogP contribution >= 0.6 is 11.8 Å². The molecule has 2 rings (SSSR count). The van der Waals surface area contributed by atoms with Crippen LogP contribution in [0.1, 0.15) is 30.4 Å². The van der Waals surface area contributed by atoms with Gasteiger partial charge in [0.25, 0.3) is 0 Å². The molecule has 0 amide bonds. The van der Waals surface area contributed by atoms with Crippen molar-refractivity contribution in [2.75, 3.05) is 5.75 Å². The van der Waals surface area contributed by atoms with Gasteiger partial charge in [-0.25, -0.2) is 0 Å². The van der Waals surface area contributed by atoms with Crippen molar-refractivity contribution in [3.8, 4) is 0 Å². The Morgan fingerprint density at radius 1 is 1.35 bits per heavy atom. The summed E-state index contributed by atoms with van der Waals surface area (Å²) in [4.78, 5) is 0. The molecular formula is C14H22N2S. The lowest BCUT2D eigenvalue weighted by Gasteiger charge is -2.29. The number of rotatable bonds is 4. The molecule has 0 aliphatic carbocycles. The molecule has 1 aromatic rings. The summed E-state index contributed by atoms with van der Waals surface area (Å²) in [7, 11) is 0. The molecule has 1 saturated heterocycles. The third kappa shape index (κ3) is 3.73. The Bertz CT molecular complexity index is 331. The van der Waals surface area contributed by atoms with Crippen LogP contribution in [-0.4, -0.2) is 17.0 Å². The summed E-state index contributed by atoms with van der Waals surface area (Å²) in [6.07, 6.45) is 5.05. The van der Waals surface area contributed by atoms with E-state index in [1.807, 2.05) is 0 Å². The van der Waals surface area contributed by atoms with E-state index in [2.05, 4.69) is 48.4 Å². The van der Waals surface area contributed by atoms with Gasteiger partial charge in [0.15, 0.2) is 0 Å². The third-order valence-electron chi connectivity index (χ3n) is 3.45. The van der Waals surface area contributed by atoms with Crippen LogP contribution in [0.25, 0.3) is 0 Å². The molecule has 2 unspecified atom stereocenters. The van der Waals surface area contributed by atoms with Gasteiger partial charge in [-0.1, -0.05) is 36.2 Å². The Morgan fingerprint density at radius 3 is 2.71 bits per heavy atom. The van der Waals surface area contributed by atoms with E-state index in [0.717, 1.165) is 6.42 Å². The summed E-state index contributed by atoms with van der Waals surface area (Å²) < 4.78 is 0. The molecule has 0 spiro atoms. The standard InChI is InChI=1S/C14H22N2S/c1-11-5-7-12(8-6-11)10-13(16-15)14-4-2-3-9-17-14/h5-8,13-14,16H,2-4,9-10,15H2,1H3. The van der Waals surface area contributed by atoms with Gasteiger partial charge in [-0.2, -0.15) is 11.8 Å². The van der Waals surface area contributed by atoms with Crippen molar-refractivity contribution in [2.24, 2.45) is 5.84 Å². The molecule has 17 heavy (non-hydrogen) atoms. The minimum Gasteiger partial charge on any atom is -0.271 e. The summed E-state index contributed by atoms with van der Waals surface area (Å²) in [5.41, 5.74) is 5.71. The summed E-state index contributed by atoms with van der Waals surface area (Å²) in [6.45, 7) is 2.12. The summed E-state index contributed by atoms with van der Waals surface area (Å²) in [5.74, 6) is 7.01. The van der Waals surface area contributed by atoms with E-state index >= 15 is 0 Å². The molecule has 1 heterocycles. The second kappa shape index (κ2) is 6.43. The van der Waals surface area contributed by atoms with Crippen LogP contribution < -0.4 is 11.3 Å². The van der Waals surface area contributed by atoms with Gasteiger partial charge in [0.05, 0.1) is 0 Å². The van der Waals surface area contributed by atoms with Crippen LogP contribution in [0, 0.1) is 6.92 Å². The minimum atomic E-state index is 0.406. The van der Waals surface area contributed by atoms with Gasteiger partial charge in [-0.05, 0) is 37.5 Å². The number of hydrogen-bond acceptors (Lipinski definition) is 3. The summed E-state index contributed by atoms with van der Waals surface area (Å²) in [5, 5.41) is 0.676. The molecule has 0 radical (unpaired) electrons. The van der Waals surface area contributed by atoms with Crippen LogP contribution in [-0.2, 0) is 6.42 Å². The topological polar surface area (TPSA) is 38.0 Å². The maximum atomic E-state index is 5.72. The number of thioether (sulfide) groups is 1. The van der Waals surface area contributed by atoms with Crippen molar-refractivity contribution in [2.45, 2.75) is 43.9 Å². The molecule has 2 nitrogen and oxygen atoms in total.